The number of H-pyrrole nitrogens is 1. The molecule has 0 spiro atoms. The number of aromatic amines is 1. The Hall–Kier alpha value is -3.93. The molecule has 1 saturated carbocycles. The molecule has 5 N–H and O–H groups in total. The molecular formula is C35H52N6O6. The van der Waals surface area contributed by atoms with Crippen LogP contribution in [0, 0.1) is 11.8 Å². The number of carbonyl (C=O) groups is 4. The summed E-state index contributed by atoms with van der Waals surface area (Å²) in [6.07, 6.45) is 8.76. The lowest BCUT2D eigenvalue weighted by Crippen LogP contribution is -2.59. The van der Waals surface area contributed by atoms with Crippen LogP contribution >= 0.6 is 0 Å². The Bertz CT molecular complexity index is 1310. The lowest BCUT2D eigenvalue weighted by molar-refractivity contribution is -0.143. The second-order valence-corrected chi connectivity index (χ2v) is 14.1. The smallest absolute Gasteiger partial charge is 0.408 e. The van der Waals surface area contributed by atoms with E-state index in [-0.39, 0.29) is 18.7 Å². The molecule has 2 fully saturated rings. The maximum Gasteiger partial charge on any atom is 0.408 e. The maximum absolute atomic E-state index is 14.1. The van der Waals surface area contributed by atoms with E-state index in [1.165, 1.54) is 12.7 Å². The van der Waals surface area contributed by atoms with Crippen molar-refractivity contribution in [2.75, 3.05) is 13.6 Å². The van der Waals surface area contributed by atoms with E-state index in [2.05, 4.69) is 25.9 Å². The average Bonchev–Trinajstić information content (AvgIpc) is 3.54. The molecule has 1 aliphatic heterocycles. The van der Waals surface area contributed by atoms with E-state index in [4.69, 9.17) is 4.74 Å². The molecule has 1 aromatic carbocycles. The van der Waals surface area contributed by atoms with E-state index in [0.29, 0.717) is 31.0 Å². The first-order valence-electron chi connectivity index (χ1n) is 16.9. The van der Waals surface area contributed by atoms with Crippen LogP contribution < -0.4 is 16.0 Å². The molecular weight excluding hydrogens is 600 g/mol. The fraction of sp³-hybridized carbons (Fsp3) is 0.629. The molecule has 4 rings (SSSR count). The van der Waals surface area contributed by atoms with Gasteiger partial charge in [-0.15, -0.1) is 0 Å². The third kappa shape index (κ3) is 11.1. The number of amides is 4. The molecule has 12 nitrogen and oxygen atoms in total. The summed E-state index contributed by atoms with van der Waals surface area (Å²) in [6, 6.07) is 6.49. The SMILES string of the molecule is CN1CCC[C@H]([C@H](O)[C@@H](CC2CCCCC2)NC(=O)[C@H](Cc2cnc[nH]2)NC(=O)[C@H](Cc2ccccc2)NC(=O)OC(C)(C)C)C1=O. The van der Waals surface area contributed by atoms with E-state index in [1.807, 2.05) is 30.3 Å². The van der Waals surface area contributed by atoms with Crippen molar-refractivity contribution < 1.29 is 29.0 Å². The Balaban J connectivity index is 1.56. The van der Waals surface area contributed by atoms with Crippen LogP contribution in [0.1, 0.15) is 83.4 Å². The van der Waals surface area contributed by atoms with Gasteiger partial charge in [0.1, 0.15) is 17.7 Å². The van der Waals surface area contributed by atoms with Crippen LogP contribution in [0.2, 0.25) is 0 Å². The number of imidazole rings is 1. The first kappa shape index (κ1) is 35.9. The Morgan fingerprint density at radius 3 is 2.32 bits per heavy atom. The largest absolute Gasteiger partial charge is 0.444 e. The standard InChI is InChI=1S/C35H52N6O6/c1-35(2,3)47-34(46)40-28(19-24-14-9-6-10-15-24)31(43)39-29(20-25-21-36-22-37-25)32(44)38-27(18-23-12-7-5-8-13-23)30(42)26-16-11-17-41(4)33(26)45/h6,9-10,14-15,21-23,26-30,42H,5,7-8,11-13,16-20H2,1-4H3,(H,36,37)(H,38,44)(H,39,43)(H,40,46)/t26-,27-,28+,29+,30+/m1/s1. The summed E-state index contributed by atoms with van der Waals surface area (Å²) >= 11 is 0. The van der Waals surface area contributed by atoms with Crippen molar-refractivity contribution >= 4 is 23.8 Å². The molecule has 5 atom stereocenters. The summed E-state index contributed by atoms with van der Waals surface area (Å²) in [5, 5.41) is 20.2. The minimum absolute atomic E-state index is 0.0966. The first-order valence-corrected chi connectivity index (χ1v) is 16.9. The van der Waals surface area contributed by atoms with Crippen LogP contribution in [0.3, 0.4) is 0 Å². The molecule has 2 heterocycles. The van der Waals surface area contributed by atoms with Gasteiger partial charge in [-0.05, 0) is 51.5 Å². The number of likely N-dealkylation sites (tertiary alicyclic amines) is 1. The predicted molar refractivity (Wildman–Crippen MR) is 177 cm³/mol. The fourth-order valence-electron chi connectivity index (χ4n) is 6.62. The normalized spacial score (nSPS) is 20.1. The average molecular weight is 653 g/mol. The lowest BCUT2D eigenvalue weighted by atomic mass is 9.80. The summed E-state index contributed by atoms with van der Waals surface area (Å²) in [7, 11) is 1.74. The molecule has 0 radical (unpaired) electrons. The molecule has 258 valence electrons. The van der Waals surface area contributed by atoms with Crippen molar-refractivity contribution in [3.63, 3.8) is 0 Å². The number of ether oxygens (including phenoxy) is 1. The highest BCUT2D eigenvalue weighted by Gasteiger charge is 2.39. The van der Waals surface area contributed by atoms with Crippen molar-refractivity contribution in [3.05, 3.63) is 54.1 Å². The molecule has 4 amide bonds. The number of benzene rings is 1. The third-order valence-electron chi connectivity index (χ3n) is 9.07. The van der Waals surface area contributed by atoms with Gasteiger partial charge in [0.05, 0.1) is 24.4 Å². The Morgan fingerprint density at radius 2 is 1.66 bits per heavy atom. The van der Waals surface area contributed by atoms with Crippen LogP contribution in [0.5, 0.6) is 0 Å². The number of alkyl carbamates (subject to hydrolysis) is 1. The number of hydrogen-bond donors (Lipinski definition) is 5. The van der Waals surface area contributed by atoms with Gasteiger partial charge in [-0.25, -0.2) is 9.78 Å². The van der Waals surface area contributed by atoms with Gasteiger partial charge in [-0.1, -0.05) is 62.4 Å². The topological polar surface area (TPSA) is 166 Å². The fourth-order valence-corrected chi connectivity index (χ4v) is 6.62. The van der Waals surface area contributed by atoms with Crippen molar-refractivity contribution in [3.8, 4) is 0 Å². The number of rotatable bonds is 13. The third-order valence-corrected chi connectivity index (χ3v) is 9.07. The van der Waals surface area contributed by atoms with Crippen LogP contribution in [0.4, 0.5) is 4.79 Å². The highest BCUT2D eigenvalue weighted by molar-refractivity contribution is 5.92. The molecule has 0 bridgehead atoms. The number of nitrogens with zero attached hydrogens (tertiary/aromatic N) is 2. The number of aliphatic hydroxyl groups excluding tert-OH is 1. The van der Waals surface area contributed by atoms with E-state index < -0.39 is 53.7 Å². The first-order chi connectivity index (χ1) is 22.4. The molecule has 1 aromatic heterocycles. The van der Waals surface area contributed by atoms with E-state index in [1.54, 1.807) is 38.9 Å². The minimum atomic E-state index is -1.07. The summed E-state index contributed by atoms with van der Waals surface area (Å²) in [5.74, 6) is -1.47. The van der Waals surface area contributed by atoms with E-state index >= 15 is 0 Å². The summed E-state index contributed by atoms with van der Waals surface area (Å²) in [4.78, 5) is 62.5. The lowest BCUT2D eigenvalue weighted by Gasteiger charge is -2.37. The molecule has 0 unspecified atom stereocenters. The summed E-state index contributed by atoms with van der Waals surface area (Å²) < 4.78 is 5.44. The van der Waals surface area contributed by atoms with Gasteiger partial charge in [0, 0.05) is 38.3 Å². The second-order valence-electron chi connectivity index (χ2n) is 14.1. The van der Waals surface area contributed by atoms with Crippen molar-refractivity contribution in [1.29, 1.82) is 0 Å². The zero-order chi connectivity index (χ0) is 34.0. The highest BCUT2D eigenvalue weighted by Crippen LogP contribution is 2.31. The monoisotopic (exact) mass is 652 g/mol. The number of carbonyl (C=O) groups excluding carboxylic acids is 4. The van der Waals surface area contributed by atoms with Gasteiger partial charge in [0.15, 0.2) is 0 Å². The van der Waals surface area contributed by atoms with Gasteiger partial charge in [-0.3, -0.25) is 14.4 Å². The Labute approximate surface area is 277 Å². The highest BCUT2D eigenvalue weighted by atomic mass is 16.6. The molecule has 1 saturated heterocycles. The van der Waals surface area contributed by atoms with Crippen LogP contribution in [0.25, 0.3) is 0 Å². The summed E-state index contributed by atoms with van der Waals surface area (Å²) in [5.41, 5.74) is 0.665. The van der Waals surface area contributed by atoms with Gasteiger partial charge >= 0.3 is 6.09 Å². The quantitative estimate of drug-likeness (QED) is 0.222. The van der Waals surface area contributed by atoms with Crippen LogP contribution in [0.15, 0.2) is 42.9 Å². The molecule has 2 aromatic rings. The van der Waals surface area contributed by atoms with Crippen LogP contribution in [-0.2, 0) is 32.0 Å². The molecule has 1 aliphatic carbocycles. The summed E-state index contributed by atoms with van der Waals surface area (Å²) in [6.45, 7) is 5.85. The Morgan fingerprint density at radius 1 is 0.979 bits per heavy atom. The molecule has 47 heavy (non-hydrogen) atoms. The second kappa shape index (κ2) is 16.8. The Kier molecular flexibility index (Phi) is 12.8. The van der Waals surface area contributed by atoms with E-state index in [9.17, 15) is 24.3 Å². The number of aliphatic hydroxyl groups is 1. The van der Waals surface area contributed by atoms with Gasteiger partial charge in [0.2, 0.25) is 17.7 Å². The van der Waals surface area contributed by atoms with Crippen molar-refractivity contribution in [1.82, 2.24) is 30.8 Å². The predicted octanol–water partition coefficient (Wildman–Crippen LogP) is 3.26. The number of hydrogen-bond acceptors (Lipinski definition) is 7. The number of nitrogens with one attached hydrogen (secondary N) is 4. The van der Waals surface area contributed by atoms with E-state index in [0.717, 1.165) is 37.7 Å². The van der Waals surface area contributed by atoms with Gasteiger partial charge in [0.25, 0.3) is 0 Å². The number of piperidine rings is 1. The van der Waals surface area contributed by atoms with Crippen LogP contribution in [-0.4, -0.2) is 87.2 Å². The van der Waals surface area contributed by atoms with Crippen molar-refractivity contribution in [2.24, 2.45) is 11.8 Å². The van der Waals surface area contributed by atoms with Gasteiger partial charge < -0.3 is 35.7 Å². The minimum Gasteiger partial charge on any atom is -0.444 e. The zero-order valence-electron chi connectivity index (χ0n) is 28.2. The molecule has 2 aliphatic rings. The zero-order valence-corrected chi connectivity index (χ0v) is 28.2. The number of aromatic nitrogens is 2. The van der Waals surface area contributed by atoms with Crippen molar-refractivity contribution in [2.45, 2.75) is 115 Å². The maximum atomic E-state index is 14.1. The molecule has 12 heteroatoms. The van der Waals surface area contributed by atoms with Gasteiger partial charge in [-0.2, -0.15) is 0 Å².